The molecule has 1 aromatic carbocycles. The molecule has 0 aliphatic carbocycles. The Labute approximate surface area is 139 Å². The Kier molecular flexibility index (Phi) is 4.04. The third-order valence-electron chi connectivity index (χ3n) is 4.24. The van der Waals surface area contributed by atoms with Gasteiger partial charge in [-0.1, -0.05) is 12.1 Å². The summed E-state index contributed by atoms with van der Waals surface area (Å²) in [5.74, 6) is 1.49. The summed E-state index contributed by atoms with van der Waals surface area (Å²) in [6.07, 6.45) is 3.53. The summed E-state index contributed by atoms with van der Waals surface area (Å²) in [4.78, 5) is 17.1. The van der Waals surface area contributed by atoms with E-state index in [9.17, 15) is 4.79 Å². The van der Waals surface area contributed by atoms with Gasteiger partial charge >= 0.3 is 0 Å². The van der Waals surface area contributed by atoms with Gasteiger partial charge in [-0.3, -0.25) is 4.79 Å². The van der Waals surface area contributed by atoms with Crippen LogP contribution in [-0.2, 0) is 22.6 Å². The molecule has 3 aromatic rings. The first kappa shape index (κ1) is 15.0. The molecular formula is C18H19N3O3. The Balaban J connectivity index is 1.57. The molecular weight excluding hydrogens is 306 g/mol. The number of nitrogens with zero attached hydrogens (tertiary/aromatic N) is 2. The first-order chi connectivity index (χ1) is 11.8. The molecule has 0 saturated carbocycles. The third kappa shape index (κ3) is 2.92. The van der Waals surface area contributed by atoms with Gasteiger partial charge in [0.25, 0.3) is 0 Å². The van der Waals surface area contributed by atoms with Crippen molar-refractivity contribution in [2.24, 2.45) is 0 Å². The molecule has 0 radical (unpaired) electrons. The van der Waals surface area contributed by atoms with Crippen LogP contribution >= 0.6 is 0 Å². The molecule has 1 aliphatic rings. The number of nitrogens with one attached hydrogen (secondary N) is 1. The minimum Gasteiger partial charge on any atom is -0.467 e. The van der Waals surface area contributed by atoms with Crippen molar-refractivity contribution in [2.75, 3.05) is 6.61 Å². The van der Waals surface area contributed by atoms with Gasteiger partial charge in [-0.25, -0.2) is 4.98 Å². The van der Waals surface area contributed by atoms with Crippen LogP contribution in [0.4, 0.5) is 0 Å². The Morgan fingerprint density at radius 2 is 2.21 bits per heavy atom. The fraction of sp³-hybridized carbons (Fsp3) is 0.333. The quantitative estimate of drug-likeness (QED) is 0.783. The zero-order valence-electron chi connectivity index (χ0n) is 13.3. The number of aromatic nitrogens is 2. The summed E-state index contributed by atoms with van der Waals surface area (Å²) in [5.41, 5.74) is 1.85. The molecule has 1 unspecified atom stereocenters. The first-order valence-electron chi connectivity index (χ1n) is 8.17. The lowest BCUT2D eigenvalue weighted by Crippen LogP contribution is -2.28. The molecule has 6 heteroatoms. The van der Waals surface area contributed by atoms with Gasteiger partial charge in [-0.15, -0.1) is 0 Å². The van der Waals surface area contributed by atoms with Crippen LogP contribution in [0, 0.1) is 0 Å². The van der Waals surface area contributed by atoms with Crippen molar-refractivity contribution in [1.29, 1.82) is 0 Å². The zero-order valence-corrected chi connectivity index (χ0v) is 13.3. The second kappa shape index (κ2) is 6.49. The number of carbonyl (C=O) groups excluding carboxylic acids is 1. The molecule has 0 bridgehead atoms. The number of hydrogen-bond donors (Lipinski definition) is 1. The summed E-state index contributed by atoms with van der Waals surface area (Å²) in [7, 11) is 0. The molecule has 1 saturated heterocycles. The summed E-state index contributed by atoms with van der Waals surface area (Å²) >= 11 is 0. The highest BCUT2D eigenvalue weighted by molar-refractivity contribution is 5.81. The van der Waals surface area contributed by atoms with E-state index in [4.69, 9.17) is 14.1 Å². The number of furan rings is 1. The van der Waals surface area contributed by atoms with E-state index in [-0.39, 0.29) is 18.6 Å². The summed E-state index contributed by atoms with van der Waals surface area (Å²) in [6, 6.07) is 11.5. The van der Waals surface area contributed by atoms with Crippen molar-refractivity contribution in [1.82, 2.24) is 14.9 Å². The monoisotopic (exact) mass is 325 g/mol. The molecule has 1 amide bonds. The lowest BCUT2D eigenvalue weighted by Gasteiger charge is -2.13. The number of imidazole rings is 1. The van der Waals surface area contributed by atoms with E-state index in [0.29, 0.717) is 6.54 Å². The molecule has 1 atom stereocenters. The number of ether oxygens (including phenoxy) is 1. The van der Waals surface area contributed by atoms with Gasteiger partial charge in [0.2, 0.25) is 5.91 Å². The van der Waals surface area contributed by atoms with Crippen molar-refractivity contribution in [2.45, 2.75) is 32.0 Å². The van der Waals surface area contributed by atoms with Crippen LogP contribution in [-0.4, -0.2) is 22.1 Å². The number of hydrogen-bond acceptors (Lipinski definition) is 4. The molecule has 1 aliphatic heterocycles. The average Bonchev–Trinajstić information content (AvgIpc) is 3.34. The normalized spacial score (nSPS) is 17.4. The van der Waals surface area contributed by atoms with Gasteiger partial charge in [-0.2, -0.15) is 0 Å². The number of benzene rings is 1. The molecule has 4 rings (SSSR count). The summed E-state index contributed by atoms with van der Waals surface area (Å²) in [6.45, 7) is 1.35. The molecule has 1 N–H and O–H groups in total. The number of para-hydroxylation sites is 2. The van der Waals surface area contributed by atoms with Gasteiger partial charge < -0.3 is 19.0 Å². The van der Waals surface area contributed by atoms with Gasteiger partial charge in [-0.05, 0) is 37.1 Å². The molecule has 6 nitrogen and oxygen atoms in total. The number of fused-ring (bicyclic) bond motifs is 1. The van der Waals surface area contributed by atoms with E-state index >= 15 is 0 Å². The average molecular weight is 325 g/mol. The number of rotatable bonds is 5. The molecule has 0 spiro atoms. The van der Waals surface area contributed by atoms with E-state index in [1.165, 1.54) is 0 Å². The zero-order chi connectivity index (χ0) is 16.4. The van der Waals surface area contributed by atoms with Gasteiger partial charge in [0, 0.05) is 6.61 Å². The fourth-order valence-corrected chi connectivity index (χ4v) is 3.09. The third-order valence-corrected chi connectivity index (χ3v) is 4.24. The maximum Gasteiger partial charge on any atom is 0.240 e. The molecule has 3 heterocycles. The van der Waals surface area contributed by atoms with Crippen LogP contribution in [0.1, 0.15) is 30.5 Å². The highest BCUT2D eigenvalue weighted by atomic mass is 16.5. The van der Waals surface area contributed by atoms with Crippen LogP contribution in [0.3, 0.4) is 0 Å². The van der Waals surface area contributed by atoms with Crippen molar-refractivity contribution in [3.05, 3.63) is 54.2 Å². The van der Waals surface area contributed by atoms with Crippen molar-refractivity contribution < 1.29 is 13.9 Å². The van der Waals surface area contributed by atoms with Crippen LogP contribution in [0.2, 0.25) is 0 Å². The van der Waals surface area contributed by atoms with E-state index in [2.05, 4.69) is 5.32 Å². The molecule has 2 aromatic heterocycles. The van der Waals surface area contributed by atoms with Crippen molar-refractivity contribution in [3.8, 4) is 0 Å². The smallest absolute Gasteiger partial charge is 0.240 e. The van der Waals surface area contributed by atoms with Gasteiger partial charge in [0.15, 0.2) is 0 Å². The van der Waals surface area contributed by atoms with E-state index in [0.717, 1.165) is 42.1 Å². The van der Waals surface area contributed by atoms with Crippen LogP contribution < -0.4 is 5.32 Å². The predicted molar refractivity (Wildman–Crippen MR) is 88.2 cm³/mol. The Morgan fingerprint density at radius 1 is 1.29 bits per heavy atom. The van der Waals surface area contributed by atoms with Crippen LogP contribution in [0.15, 0.2) is 47.1 Å². The minimum absolute atomic E-state index is 0.0322. The van der Waals surface area contributed by atoms with Crippen LogP contribution in [0.25, 0.3) is 11.0 Å². The fourth-order valence-electron chi connectivity index (χ4n) is 3.09. The standard InChI is InChI=1S/C18H19N3O3/c22-17(19-11-13-5-3-9-23-13)12-21-15-7-2-1-6-14(15)20-18(21)16-8-4-10-24-16/h1-3,5-7,9,16H,4,8,10-12H2,(H,19,22). The van der Waals surface area contributed by atoms with Crippen LogP contribution in [0.5, 0.6) is 0 Å². The minimum atomic E-state index is -0.0752. The lowest BCUT2D eigenvalue weighted by atomic mass is 10.2. The highest BCUT2D eigenvalue weighted by Gasteiger charge is 2.25. The SMILES string of the molecule is O=C(Cn1c(C2CCCO2)nc2ccccc21)NCc1ccco1. The lowest BCUT2D eigenvalue weighted by molar-refractivity contribution is -0.121. The van der Waals surface area contributed by atoms with Gasteiger partial charge in [0.1, 0.15) is 24.2 Å². The molecule has 124 valence electrons. The molecule has 24 heavy (non-hydrogen) atoms. The topological polar surface area (TPSA) is 69.3 Å². The van der Waals surface area contributed by atoms with Gasteiger partial charge in [0.05, 0.1) is 23.8 Å². The number of amides is 1. The largest absolute Gasteiger partial charge is 0.467 e. The van der Waals surface area contributed by atoms with Crippen molar-refractivity contribution in [3.63, 3.8) is 0 Å². The maximum atomic E-state index is 12.4. The highest BCUT2D eigenvalue weighted by Crippen LogP contribution is 2.30. The second-order valence-electron chi connectivity index (χ2n) is 5.90. The van der Waals surface area contributed by atoms with E-state index in [1.807, 2.05) is 34.9 Å². The van der Waals surface area contributed by atoms with E-state index < -0.39 is 0 Å². The van der Waals surface area contributed by atoms with Crippen molar-refractivity contribution >= 4 is 16.9 Å². The second-order valence-corrected chi connectivity index (χ2v) is 5.90. The molecule has 1 fully saturated rings. The number of carbonyl (C=O) groups is 1. The predicted octanol–water partition coefficient (Wildman–Crippen LogP) is 2.80. The summed E-state index contributed by atoms with van der Waals surface area (Å²) < 4.78 is 13.0. The first-order valence-corrected chi connectivity index (χ1v) is 8.17. The summed E-state index contributed by atoms with van der Waals surface area (Å²) in [5, 5.41) is 2.88. The Hall–Kier alpha value is -2.60. The Bertz CT molecular complexity index is 832. The maximum absolute atomic E-state index is 12.4. The van der Waals surface area contributed by atoms with E-state index in [1.54, 1.807) is 12.3 Å². The Morgan fingerprint density at radius 3 is 3.00 bits per heavy atom.